The van der Waals surface area contributed by atoms with Crippen molar-refractivity contribution in [1.82, 2.24) is 10.3 Å². The number of carboxylic acid groups (broad SMARTS) is 1. The lowest BCUT2D eigenvalue weighted by atomic mass is 9.96. The second kappa shape index (κ2) is 9.45. The standard InChI is InChI=1S/C19H22N2O3/c22-18(21-12-6-10-17-9-4-5-11-20-17)14-16(19(23)24)13-15-7-2-1-3-8-15/h1-5,7-9,11,16H,6,10,12-14H2,(H,21,22)(H,23,24)/t16-/m1/s1. The number of carbonyl (C=O) groups is 2. The van der Waals surface area contributed by atoms with Crippen LogP contribution in [0.4, 0.5) is 0 Å². The Hall–Kier alpha value is -2.69. The number of benzene rings is 1. The Balaban J connectivity index is 1.73. The number of carboxylic acids is 1. The van der Waals surface area contributed by atoms with Gasteiger partial charge in [-0.2, -0.15) is 0 Å². The van der Waals surface area contributed by atoms with Crippen LogP contribution in [-0.2, 0) is 22.4 Å². The van der Waals surface area contributed by atoms with E-state index in [4.69, 9.17) is 0 Å². The van der Waals surface area contributed by atoms with Crippen molar-refractivity contribution in [3.63, 3.8) is 0 Å². The molecule has 0 aliphatic heterocycles. The lowest BCUT2D eigenvalue weighted by Gasteiger charge is -2.12. The van der Waals surface area contributed by atoms with E-state index in [2.05, 4.69) is 10.3 Å². The number of rotatable bonds is 9. The van der Waals surface area contributed by atoms with Crippen molar-refractivity contribution in [1.29, 1.82) is 0 Å². The fourth-order valence-corrected chi connectivity index (χ4v) is 2.48. The lowest BCUT2D eigenvalue weighted by Crippen LogP contribution is -2.30. The Morgan fingerprint density at radius 2 is 1.83 bits per heavy atom. The van der Waals surface area contributed by atoms with Crippen LogP contribution in [0.1, 0.15) is 24.1 Å². The molecule has 1 atom stereocenters. The topological polar surface area (TPSA) is 79.3 Å². The summed E-state index contributed by atoms with van der Waals surface area (Å²) in [6.45, 7) is 0.521. The van der Waals surface area contributed by atoms with Crippen molar-refractivity contribution in [2.45, 2.75) is 25.7 Å². The third-order valence-electron chi connectivity index (χ3n) is 3.76. The molecule has 1 aromatic heterocycles. The molecule has 0 spiro atoms. The maximum absolute atomic E-state index is 12.0. The largest absolute Gasteiger partial charge is 0.481 e. The van der Waals surface area contributed by atoms with Crippen LogP contribution in [0.25, 0.3) is 0 Å². The zero-order chi connectivity index (χ0) is 17.2. The molecule has 5 nitrogen and oxygen atoms in total. The molecule has 0 fully saturated rings. The first kappa shape index (κ1) is 17.7. The molecule has 5 heteroatoms. The Bertz CT molecular complexity index is 644. The number of aryl methyl sites for hydroxylation is 1. The van der Waals surface area contributed by atoms with Crippen LogP contribution in [0, 0.1) is 5.92 Å². The van der Waals surface area contributed by atoms with Gasteiger partial charge in [0.15, 0.2) is 0 Å². The summed E-state index contributed by atoms with van der Waals surface area (Å²) in [5, 5.41) is 12.1. The molecule has 0 aliphatic carbocycles. The summed E-state index contributed by atoms with van der Waals surface area (Å²) in [4.78, 5) is 27.6. The molecule has 1 aromatic carbocycles. The van der Waals surface area contributed by atoms with E-state index in [0.717, 1.165) is 24.1 Å². The van der Waals surface area contributed by atoms with Crippen LogP contribution >= 0.6 is 0 Å². The van der Waals surface area contributed by atoms with Gasteiger partial charge < -0.3 is 10.4 Å². The van der Waals surface area contributed by atoms with Crippen LogP contribution < -0.4 is 5.32 Å². The summed E-state index contributed by atoms with van der Waals surface area (Å²) < 4.78 is 0. The molecule has 126 valence electrons. The number of carbonyl (C=O) groups excluding carboxylic acids is 1. The van der Waals surface area contributed by atoms with Crippen LogP contribution in [0.3, 0.4) is 0 Å². The van der Waals surface area contributed by atoms with E-state index in [1.165, 1.54) is 0 Å². The second-order valence-corrected chi connectivity index (χ2v) is 5.70. The Morgan fingerprint density at radius 3 is 2.50 bits per heavy atom. The van der Waals surface area contributed by atoms with E-state index in [1.807, 2.05) is 48.5 Å². The zero-order valence-electron chi connectivity index (χ0n) is 13.5. The molecule has 0 unspecified atom stereocenters. The highest BCUT2D eigenvalue weighted by atomic mass is 16.4. The molecule has 2 N–H and O–H groups in total. The van der Waals surface area contributed by atoms with E-state index < -0.39 is 11.9 Å². The van der Waals surface area contributed by atoms with Gasteiger partial charge in [-0.05, 0) is 37.0 Å². The molecule has 2 aromatic rings. The van der Waals surface area contributed by atoms with Crippen molar-refractivity contribution >= 4 is 11.9 Å². The van der Waals surface area contributed by atoms with Gasteiger partial charge >= 0.3 is 5.97 Å². The van der Waals surface area contributed by atoms with Gasteiger partial charge in [0.25, 0.3) is 0 Å². The fourth-order valence-electron chi connectivity index (χ4n) is 2.48. The highest BCUT2D eigenvalue weighted by molar-refractivity contribution is 5.82. The van der Waals surface area contributed by atoms with Gasteiger partial charge in [-0.25, -0.2) is 0 Å². The molecular formula is C19H22N2O3. The zero-order valence-corrected chi connectivity index (χ0v) is 13.5. The Kier molecular flexibility index (Phi) is 6.95. The van der Waals surface area contributed by atoms with E-state index in [1.54, 1.807) is 6.20 Å². The van der Waals surface area contributed by atoms with Crippen LogP contribution in [0.5, 0.6) is 0 Å². The van der Waals surface area contributed by atoms with Crippen molar-refractivity contribution < 1.29 is 14.7 Å². The third kappa shape index (κ3) is 6.20. The number of aromatic nitrogens is 1. The van der Waals surface area contributed by atoms with E-state index >= 15 is 0 Å². The summed E-state index contributed by atoms with van der Waals surface area (Å²) in [5.41, 5.74) is 1.91. The Morgan fingerprint density at radius 1 is 1.08 bits per heavy atom. The van der Waals surface area contributed by atoms with Crippen molar-refractivity contribution in [2.75, 3.05) is 6.54 Å². The highest BCUT2D eigenvalue weighted by Crippen LogP contribution is 2.13. The SMILES string of the molecule is O=C(C[C@@H](Cc1ccccc1)C(=O)O)NCCCc1ccccn1. The normalized spacial score (nSPS) is 11.7. The summed E-state index contributed by atoms with van der Waals surface area (Å²) in [5.74, 6) is -1.87. The van der Waals surface area contributed by atoms with Crippen LogP contribution in [0.15, 0.2) is 54.7 Å². The van der Waals surface area contributed by atoms with Crippen molar-refractivity contribution in [3.8, 4) is 0 Å². The predicted molar refractivity (Wildman–Crippen MR) is 91.5 cm³/mol. The molecule has 24 heavy (non-hydrogen) atoms. The summed E-state index contributed by atoms with van der Waals surface area (Å²) in [6.07, 6.45) is 3.66. The Labute approximate surface area is 141 Å². The number of hydrogen-bond acceptors (Lipinski definition) is 3. The second-order valence-electron chi connectivity index (χ2n) is 5.70. The number of nitrogens with zero attached hydrogens (tertiary/aromatic N) is 1. The molecule has 1 heterocycles. The average molecular weight is 326 g/mol. The first-order valence-corrected chi connectivity index (χ1v) is 8.08. The average Bonchev–Trinajstić information content (AvgIpc) is 2.60. The number of pyridine rings is 1. The molecule has 1 amide bonds. The van der Waals surface area contributed by atoms with Crippen molar-refractivity contribution in [2.24, 2.45) is 5.92 Å². The minimum absolute atomic E-state index is 0.00614. The van der Waals surface area contributed by atoms with Gasteiger partial charge in [-0.1, -0.05) is 36.4 Å². The van der Waals surface area contributed by atoms with E-state index in [9.17, 15) is 14.7 Å². The van der Waals surface area contributed by atoms with Gasteiger partial charge in [0, 0.05) is 24.9 Å². The van der Waals surface area contributed by atoms with E-state index in [0.29, 0.717) is 13.0 Å². The quantitative estimate of drug-likeness (QED) is 0.694. The first-order valence-electron chi connectivity index (χ1n) is 8.08. The summed E-state index contributed by atoms with van der Waals surface area (Å²) >= 11 is 0. The first-order chi connectivity index (χ1) is 11.6. The third-order valence-corrected chi connectivity index (χ3v) is 3.76. The summed E-state index contributed by atoms with van der Waals surface area (Å²) in [7, 11) is 0. The van der Waals surface area contributed by atoms with Gasteiger partial charge in [-0.3, -0.25) is 14.6 Å². The maximum atomic E-state index is 12.0. The molecule has 2 rings (SSSR count). The van der Waals surface area contributed by atoms with Gasteiger partial charge in [0.05, 0.1) is 5.92 Å². The predicted octanol–water partition coefficient (Wildman–Crippen LogP) is 2.46. The molecule has 0 bridgehead atoms. The molecule has 0 saturated carbocycles. The lowest BCUT2D eigenvalue weighted by molar-refractivity contribution is -0.144. The maximum Gasteiger partial charge on any atom is 0.307 e. The smallest absolute Gasteiger partial charge is 0.307 e. The molecule has 0 radical (unpaired) electrons. The van der Waals surface area contributed by atoms with Crippen LogP contribution in [-0.4, -0.2) is 28.5 Å². The number of amides is 1. The number of hydrogen-bond donors (Lipinski definition) is 2. The number of aliphatic carboxylic acids is 1. The van der Waals surface area contributed by atoms with Crippen molar-refractivity contribution in [3.05, 3.63) is 66.0 Å². The fraction of sp³-hybridized carbons (Fsp3) is 0.316. The minimum Gasteiger partial charge on any atom is -0.481 e. The van der Waals surface area contributed by atoms with Crippen LogP contribution in [0.2, 0.25) is 0 Å². The highest BCUT2D eigenvalue weighted by Gasteiger charge is 2.21. The van der Waals surface area contributed by atoms with E-state index in [-0.39, 0.29) is 12.3 Å². The molecule has 0 aliphatic rings. The monoisotopic (exact) mass is 326 g/mol. The van der Waals surface area contributed by atoms with Gasteiger partial charge in [0.2, 0.25) is 5.91 Å². The molecule has 0 saturated heterocycles. The minimum atomic E-state index is -0.942. The molecular weight excluding hydrogens is 304 g/mol. The summed E-state index contributed by atoms with van der Waals surface area (Å²) in [6, 6.07) is 15.1. The number of nitrogens with one attached hydrogen (secondary N) is 1. The van der Waals surface area contributed by atoms with Gasteiger partial charge in [0.1, 0.15) is 0 Å². The van der Waals surface area contributed by atoms with Gasteiger partial charge in [-0.15, -0.1) is 0 Å².